The molecule has 0 saturated carbocycles. The van der Waals surface area contributed by atoms with Gasteiger partial charge in [-0.1, -0.05) is 6.07 Å². The molecule has 2 aromatic heterocycles. The van der Waals surface area contributed by atoms with Crippen molar-refractivity contribution in [2.24, 2.45) is 5.73 Å². The Morgan fingerprint density at radius 1 is 1.05 bits per heavy atom. The van der Waals surface area contributed by atoms with Crippen molar-refractivity contribution in [3.8, 4) is 11.9 Å². The maximum atomic E-state index is 9.94. The number of nitrogens with zero attached hydrogens (tertiary/aromatic N) is 7. The van der Waals surface area contributed by atoms with Gasteiger partial charge < -0.3 is 20.6 Å². The highest BCUT2D eigenvalue weighted by Crippen LogP contribution is 2.33. The predicted octanol–water partition coefficient (Wildman–Crippen LogP) is 2.45. The van der Waals surface area contributed by atoms with Crippen molar-refractivity contribution in [1.29, 1.82) is 5.26 Å². The molecule has 3 fully saturated rings. The minimum Gasteiger partial charge on any atom is -0.493 e. The van der Waals surface area contributed by atoms with Gasteiger partial charge in [0.2, 0.25) is 5.88 Å². The Kier molecular flexibility index (Phi) is 6.14. The molecular weight excluding hydrogens is 476 g/mol. The van der Waals surface area contributed by atoms with Crippen molar-refractivity contribution in [1.82, 2.24) is 19.8 Å². The van der Waals surface area contributed by atoms with E-state index in [1.807, 2.05) is 18.2 Å². The van der Waals surface area contributed by atoms with Crippen molar-refractivity contribution < 1.29 is 5.11 Å². The Bertz CT molecular complexity index is 1410. The van der Waals surface area contributed by atoms with E-state index in [2.05, 4.69) is 63.6 Å². The smallest absolute Gasteiger partial charge is 0.211 e. The number of piperazine rings is 2. The monoisotopic (exact) mass is 512 g/mol. The number of anilines is 2. The minimum atomic E-state index is -0.110. The van der Waals surface area contributed by atoms with Crippen LogP contribution >= 0.6 is 0 Å². The lowest BCUT2D eigenvalue weighted by Gasteiger charge is -2.51. The van der Waals surface area contributed by atoms with E-state index in [1.165, 1.54) is 5.56 Å². The van der Waals surface area contributed by atoms with Crippen LogP contribution in [0.15, 0.2) is 36.4 Å². The second-order valence-electron chi connectivity index (χ2n) is 11.6. The molecule has 0 spiro atoms. The Balaban J connectivity index is 1.18. The van der Waals surface area contributed by atoms with Gasteiger partial charge in [0.05, 0.1) is 11.1 Å². The summed E-state index contributed by atoms with van der Waals surface area (Å²) in [6, 6.07) is 14.7. The van der Waals surface area contributed by atoms with Crippen molar-refractivity contribution >= 4 is 22.4 Å². The van der Waals surface area contributed by atoms with Gasteiger partial charge >= 0.3 is 0 Å². The number of hydrogen-bond donors (Lipinski definition) is 2. The van der Waals surface area contributed by atoms with Gasteiger partial charge in [-0.15, -0.1) is 0 Å². The highest BCUT2D eigenvalue weighted by molar-refractivity contribution is 5.95. The highest BCUT2D eigenvalue weighted by Gasteiger charge is 2.37. The van der Waals surface area contributed by atoms with E-state index in [-0.39, 0.29) is 11.4 Å². The number of benzene rings is 1. The third-order valence-corrected chi connectivity index (χ3v) is 8.38. The van der Waals surface area contributed by atoms with Gasteiger partial charge in [-0.3, -0.25) is 9.80 Å². The largest absolute Gasteiger partial charge is 0.493 e. The van der Waals surface area contributed by atoms with Crippen LogP contribution in [-0.2, 0) is 6.54 Å². The Morgan fingerprint density at radius 2 is 1.87 bits per heavy atom. The number of rotatable bonds is 4. The van der Waals surface area contributed by atoms with E-state index in [0.717, 1.165) is 74.9 Å². The number of fused-ring (bicyclic) bond motifs is 2. The van der Waals surface area contributed by atoms with Crippen molar-refractivity contribution in [2.75, 3.05) is 55.6 Å². The molecule has 38 heavy (non-hydrogen) atoms. The first-order valence-electron chi connectivity index (χ1n) is 13.5. The molecule has 1 aromatic carbocycles. The molecule has 0 bridgehead atoms. The third kappa shape index (κ3) is 4.53. The molecule has 0 radical (unpaired) electrons. The normalized spacial score (nSPS) is 23.7. The van der Waals surface area contributed by atoms with Crippen LogP contribution in [0.3, 0.4) is 0 Å². The van der Waals surface area contributed by atoms with Gasteiger partial charge in [-0.2, -0.15) is 5.26 Å². The summed E-state index contributed by atoms with van der Waals surface area (Å²) in [5.74, 6) is 0.959. The molecule has 9 nitrogen and oxygen atoms in total. The van der Waals surface area contributed by atoms with Crippen LogP contribution in [0.2, 0.25) is 0 Å². The Hall–Kier alpha value is -3.45. The Morgan fingerprint density at radius 3 is 2.61 bits per heavy atom. The average molecular weight is 513 g/mol. The van der Waals surface area contributed by atoms with Crippen molar-refractivity contribution in [3.63, 3.8) is 0 Å². The number of aryl methyl sites for hydroxylation is 1. The van der Waals surface area contributed by atoms with Gasteiger partial charge in [0, 0.05) is 92.8 Å². The molecule has 3 N–H and O–H groups in total. The van der Waals surface area contributed by atoms with E-state index in [1.54, 1.807) is 6.07 Å². The summed E-state index contributed by atoms with van der Waals surface area (Å²) in [5.41, 5.74) is 10.6. The van der Waals surface area contributed by atoms with Crippen LogP contribution < -0.4 is 15.5 Å². The zero-order valence-corrected chi connectivity index (χ0v) is 22.4. The molecule has 5 heterocycles. The van der Waals surface area contributed by atoms with Crippen molar-refractivity contribution in [2.45, 2.75) is 44.9 Å². The molecular formula is C29H36N8O. The summed E-state index contributed by atoms with van der Waals surface area (Å²) in [5, 5.41) is 20.4. The first-order chi connectivity index (χ1) is 18.2. The molecule has 3 aromatic rings. The standard InChI is InChI=1S/C29H36N8O/c1-19-13-35(25-7-4-21(12-30)28-24(25)6-9-27(38)33-28)16-23-15-34(10-11-37(19)23)14-22-5-8-26(32-20(22)2)36-17-29(3,31)18-36/h4-9,19,23H,10-11,13-18,31H2,1-3H3,(H,33,38). The summed E-state index contributed by atoms with van der Waals surface area (Å²) in [6.07, 6.45) is 0. The number of aromatic nitrogens is 2. The van der Waals surface area contributed by atoms with E-state index in [9.17, 15) is 10.4 Å². The van der Waals surface area contributed by atoms with Crippen LogP contribution in [0.25, 0.3) is 10.9 Å². The van der Waals surface area contributed by atoms with Crippen LogP contribution in [-0.4, -0.2) is 88.3 Å². The van der Waals surface area contributed by atoms with Crippen LogP contribution in [0, 0.1) is 18.3 Å². The first kappa shape index (κ1) is 24.9. The van der Waals surface area contributed by atoms with E-state index < -0.39 is 0 Å². The molecule has 3 aliphatic heterocycles. The fourth-order valence-electron chi connectivity index (χ4n) is 6.48. The van der Waals surface area contributed by atoms with Crippen LogP contribution in [0.5, 0.6) is 5.88 Å². The maximum Gasteiger partial charge on any atom is 0.211 e. The van der Waals surface area contributed by atoms with Gasteiger partial charge in [-0.05, 0) is 50.6 Å². The predicted molar refractivity (Wildman–Crippen MR) is 149 cm³/mol. The lowest BCUT2D eigenvalue weighted by molar-refractivity contribution is 0.0316. The fourth-order valence-corrected chi connectivity index (χ4v) is 6.48. The quantitative estimate of drug-likeness (QED) is 0.545. The summed E-state index contributed by atoms with van der Waals surface area (Å²) >= 11 is 0. The minimum absolute atomic E-state index is 0.0622. The lowest BCUT2D eigenvalue weighted by Crippen LogP contribution is -2.65. The SMILES string of the molecule is Cc1nc(N2CC(C)(N)C2)ccc1CN1CCN2C(C)CN(c3ccc(C#N)c4nc(O)ccc34)CC2C1. The number of nitrogens with two attached hydrogens (primary N) is 1. The maximum absolute atomic E-state index is 9.94. The second-order valence-corrected chi connectivity index (χ2v) is 11.6. The zero-order chi connectivity index (χ0) is 26.6. The molecule has 2 unspecified atom stereocenters. The molecule has 198 valence electrons. The summed E-state index contributed by atoms with van der Waals surface area (Å²) in [6.45, 7) is 14.0. The van der Waals surface area contributed by atoms with Gasteiger partial charge in [0.25, 0.3) is 0 Å². The average Bonchev–Trinajstić information content (AvgIpc) is 2.87. The van der Waals surface area contributed by atoms with Gasteiger partial charge in [-0.25, -0.2) is 9.97 Å². The molecule has 3 saturated heterocycles. The van der Waals surface area contributed by atoms with Gasteiger partial charge in [0.15, 0.2) is 0 Å². The van der Waals surface area contributed by atoms with Crippen molar-refractivity contribution in [3.05, 3.63) is 53.2 Å². The lowest BCUT2D eigenvalue weighted by atomic mass is 9.94. The van der Waals surface area contributed by atoms with Crippen LogP contribution in [0.4, 0.5) is 11.5 Å². The fraction of sp³-hybridized carbons (Fsp3) is 0.483. The molecule has 2 atom stereocenters. The Labute approximate surface area is 224 Å². The number of nitriles is 1. The zero-order valence-electron chi connectivity index (χ0n) is 22.4. The summed E-state index contributed by atoms with van der Waals surface area (Å²) in [4.78, 5) is 19.0. The van der Waals surface area contributed by atoms with E-state index in [0.29, 0.717) is 23.2 Å². The second kappa shape index (κ2) is 9.38. The molecule has 0 aliphatic carbocycles. The number of pyridine rings is 2. The highest BCUT2D eigenvalue weighted by atomic mass is 16.3. The van der Waals surface area contributed by atoms with Crippen LogP contribution in [0.1, 0.15) is 30.7 Å². The third-order valence-electron chi connectivity index (χ3n) is 8.38. The summed E-state index contributed by atoms with van der Waals surface area (Å²) < 4.78 is 0. The van der Waals surface area contributed by atoms with Gasteiger partial charge in [0.1, 0.15) is 11.9 Å². The molecule has 9 heteroatoms. The van der Waals surface area contributed by atoms with E-state index >= 15 is 0 Å². The molecule has 0 amide bonds. The molecule has 6 rings (SSSR count). The number of aromatic hydroxyl groups is 1. The topological polar surface area (TPSA) is 109 Å². The molecule has 3 aliphatic rings. The summed E-state index contributed by atoms with van der Waals surface area (Å²) in [7, 11) is 0. The number of hydrogen-bond acceptors (Lipinski definition) is 9. The first-order valence-corrected chi connectivity index (χ1v) is 13.5. The van der Waals surface area contributed by atoms with E-state index in [4.69, 9.17) is 10.7 Å².